The van der Waals surface area contributed by atoms with Crippen LogP contribution in [0.15, 0.2) is 90.1 Å². The Morgan fingerprint density at radius 1 is 0.893 bits per heavy atom. The zero-order valence-electron chi connectivity index (χ0n) is 16.2. The lowest BCUT2D eigenvalue weighted by atomic mass is 9.95. The predicted molar refractivity (Wildman–Crippen MR) is 116 cm³/mol. The van der Waals surface area contributed by atoms with Gasteiger partial charge in [-0.2, -0.15) is 0 Å². The Kier molecular flexibility index (Phi) is 5.72. The molecular weight excluding hydrogens is 344 g/mol. The van der Waals surface area contributed by atoms with Crippen molar-refractivity contribution in [1.29, 1.82) is 0 Å². The molecule has 2 unspecified atom stereocenters. The minimum absolute atomic E-state index is 0.0280. The van der Waals surface area contributed by atoms with Crippen molar-refractivity contribution in [2.75, 3.05) is 5.32 Å². The van der Waals surface area contributed by atoms with E-state index < -0.39 is 0 Å². The minimum Gasteiger partial charge on any atom is -0.390 e. The normalized spacial score (nSPS) is 16.9. The topological polar surface area (TPSA) is 33.6 Å². The Bertz CT molecular complexity index is 904. The average molecular weight is 370 g/mol. The first-order valence-corrected chi connectivity index (χ1v) is 9.89. The van der Waals surface area contributed by atoms with Crippen molar-refractivity contribution in [3.05, 3.63) is 102 Å². The molecule has 1 aliphatic heterocycles. The summed E-state index contributed by atoms with van der Waals surface area (Å²) >= 11 is 0. The molecule has 3 aromatic rings. The van der Waals surface area contributed by atoms with Crippen LogP contribution in [0.25, 0.3) is 0 Å². The van der Waals surface area contributed by atoms with Crippen molar-refractivity contribution in [1.82, 2.24) is 0 Å². The van der Waals surface area contributed by atoms with Crippen molar-refractivity contribution < 1.29 is 4.84 Å². The Morgan fingerprint density at radius 2 is 1.54 bits per heavy atom. The largest absolute Gasteiger partial charge is 0.390 e. The third kappa shape index (κ3) is 4.80. The van der Waals surface area contributed by atoms with Crippen molar-refractivity contribution in [2.45, 2.75) is 38.3 Å². The van der Waals surface area contributed by atoms with Crippen LogP contribution in [0.3, 0.4) is 0 Å². The molecule has 0 aromatic heterocycles. The Hall–Kier alpha value is -3.07. The second-order valence-corrected chi connectivity index (χ2v) is 7.47. The molecule has 0 spiro atoms. The zero-order valence-corrected chi connectivity index (χ0v) is 16.2. The summed E-state index contributed by atoms with van der Waals surface area (Å²) in [6, 6.07) is 29.7. The highest BCUT2D eigenvalue weighted by molar-refractivity contribution is 5.87. The molecule has 1 aliphatic rings. The third-order valence-electron chi connectivity index (χ3n) is 5.16. The van der Waals surface area contributed by atoms with E-state index in [0.717, 1.165) is 30.7 Å². The van der Waals surface area contributed by atoms with Crippen molar-refractivity contribution in [2.24, 2.45) is 5.16 Å². The van der Waals surface area contributed by atoms with Crippen LogP contribution >= 0.6 is 0 Å². The van der Waals surface area contributed by atoms with Crippen LogP contribution < -0.4 is 5.32 Å². The van der Waals surface area contributed by atoms with E-state index >= 15 is 0 Å². The van der Waals surface area contributed by atoms with Crippen molar-refractivity contribution in [3.63, 3.8) is 0 Å². The maximum Gasteiger partial charge on any atom is 0.153 e. The molecule has 3 nitrogen and oxygen atoms in total. The van der Waals surface area contributed by atoms with E-state index in [4.69, 9.17) is 4.84 Å². The van der Waals surface area contributed by atoms with Gasteiger partial charge >= 0.3 is 0 Å². The summed E-state index contributed by atoms with van der Waals surface area (Å²) in [4.78, 5) is 5.89. The number of oxime groups is 1. The molecule has 2 atom stereocenters. The predicted octanol–water partition coefficient (Wildman–Crippen LogP) is 5.41. The van der Waals surface area contributed by atoms with Crippen LogP contribution in [0.4, 0.5) is 5.69 Å². The molecule has 0 saturated heterocycles. The smallest absolute Gasteiger partial charge is 0.153 e. The average Bonchev–Trinajstić information content (AvgIpc) is 3.19. The maximum atomic E-state index is 5.89. The number of anilines is 1. The molecule has 1 N–H and O–H groups in total. The first kappa shape index (κ1) is 18.3. The molecule has 142 valence electrons. The van der Waals surface area contributed by atoms with E-state index in [9.17, 15) is 0 Å². The summed E-state index contributed by atoms with van der Waals surface area (Å²) < 4.78 is 0. The van der Waals surface area contributed by atoms with Gasteiger partial charge in [-0.25, -0.2) is 0 Å². The lowest BCUT2D eigenvalue weighted by molar-refractivity contribution is 0.0709. The summed E-state index contributed by atoms with van der Waals surface area (Å²) in [7, 11) is 0. The van der Waals surface area contributed by atoms with Gasteiger partial charge in [0.2, 0.25) is 0 Å². The van der Waals surface area contributed by atoms with Crippen LogP contribution in [0.5, 0.6) is 0 Å². The standard InChI is InChI=1S/C25H26N2O/c1-19-12-14-22(15-13-19)26-24(17-21-10-6-3-7-11-21)25-18-23(27-28-25)16-20-8-4-2-5-9-20/h2-15,24-26H,16-18H2,1H3. The highest BCUT2D eigenvalue weighted by Crippen LogP contribution is 2.23. The highest BCUT2D eigenvalue weighted by atomic mass is 16.6. The van der Waals surface area contributed by atoms with Gasteiger partial charge in [0, 0.05) is 18.5 Å². The van der Waals surface area contributed by atoms with E-state index in [1.54, 1.807) is 0 Å². The van der Waals surface area contributed by atoms with Gasteiger partial charge in [-0.3, -0.25) is 0 Å². The fraction of sp³-hybridized carbons (Fsp3) is 0.240. The van der Waals surface area contributed by atoms with Gasteiger partial charge < -0.3 is 10.2 Å². The fourth-order valence-electron chi connectivity index (χ4n) is 3.61. The Morgan fingerprint density at radius 3 is 2.21 bits per heavy atom. The molecular formula is C25H26N2O. The lowest BCUT2D eigenvalue weighted by Crippen LogP contribution is -2.36. The monoisotopic (exact) mass is 370 g/mol. The zero-order chi connectivity index (χ0) is 19.2. The maximum absolute atomic E-state index is 5.89. The Labute approximate surface area is 167 Å². The third-order valence-corrected chi connectivity index (χ3v) is 5.16. The van der Waals surface area contributed by atoms with Gasteiger partial charge in [-0.15, -0.1) is 0 Å². The fourth-order valence-corrected chi connectivity index (χ4v) is 3.61. The summed E-state index contributed by atoms with van der Waals surface area (Å²) in [6.45, 7) is 2.11. The lowest BCUT2D eigenvalue weighted by Gasteiger charge is -2.24. The minimum atomic E-state index is 0.0280. The van der Waals surface area contributed by atoms with Gasteiger partial charge in [-0.1, -0.05) is 83.5 Å². The van der Waals surface area contributed by atoms with Gasteiger partial charge in [-0.05, 0) is 36.6 Å². The number of aryl methyl sites for hydroxylation is 1. The molecule has 28 heavy (non-hydrogen) atoms. The number of nitrogens with zero attached hydrogens (tertiary/aromatic N) is 1. The van der Waals surface area contributed by atoms with E-state index in [1.165, 1.54) is 16.7 Å². The van der Waals surface area contributed by atoms with Crippen LogP contribution in [0.1, 0.15) is 23.1 Å². The first-order valence-electron chi connectivity index (χ1n) is 9.89. The number of hydrogen-bond donors (Lipinski definition) is 1. The van der Waals surface area contributed by atoms with Gasteiger partial charge in [0.1, 0.15) is 0 Å². The van der Waals surface area contributed by atoms with Gasteiger partial charge in [0.05, 0.1) is 11.8 Å². The van der Waals surface area contributed by atoms with E-state index in [2.05, 4.69) is 96.3 Å². The molecule has 1 heterocycles. The molecule has 3 aromatic carbocycles. The number of rotatable bonds is 7. The number of benzene rings is 3. The second kappa shape index (κ2) is 8.75. The molecule has 3 heteroatoms. The number of nitrogens with one attached hydrogen (secondary N) is 1. The van der Waals surface area contributed by atoms with Crippen LogP contribution in [-0.2, 0) is 17.7 Å². The molecule has 0 radical (unpaired) electrons. The van der Waals surface area contributed by atoms with Crippen LogP contribution in [0.2, 0.25) is 0 Å². The molecule has 0 bridgehead atoms. The summed E-state index contributed by atoms with van der Waals surface area (Å²) in [5.41, 5.74) is 6.06. The number of hydrogen-bond acceptors (Lipinski definition) is 3. The first-order chi connectivity index (χ1) is 13.8. The molecule has 0 saturated carbocycles. The van der Waals surface area contributed by atoms with Gasteiger partial charge in [0.15, 0.2) is 6.10 Å². The van der Waals surface area contributed by atoms with Crippen molar-refractivity contribution in [3.8, 4) is 0 Å². The highest BCUT2D eigenvalue weighted by Gasteiger charge is 2.30. The van der Waals surface area contributed by atoms with E-state index in [-0.39, 0.29) is 12.1 Å². The summed E-state index contributed by atoms with van der Waals surface area (Å²) in [5, 5.41) is 8.09. The molecule has 0 fully saturated rings. The van der Waals surface area contributed by atoms with Crippen LogP contribution in [0, 0.1) is 6.92 Å². The van der Waals surface area contributed by atoms with Crippen molar-refractivity contribution >= 4 is 11.4 Å². The SMILES string of the molecule is Cc1ccc(NC(Cc2ccccc2)C2CC(Cc3ccccc3)=NO2)cc1. The quantitative estimate of drug-likeness (QED) is 0.604. The molecule has 4 rings (SSSR count). The van der Waals surface area contributed by atoms with Crippen LogP contribution in [-0.4, -0.2) is 17.9 Å². The second-order valence-electron chi connectivity index (χ2n) is 7.47. The molecule has 0 aliphatic carbocycles. The van der Waals surface area contributed by atoms with E-state index in [0.29, 0.717) is 0 Å². The van der Waals surface area contributed by atoms with E-state index in [1.807, 2.05) is 6.07 Å². The summed E-state index contributed by atoms with van der Waals surface area (Å²) in [6.07, 6.45) is 2.62. The summed E-state index contributed by atoms with van der Waals surface area (Å²) in [5.74, 6) is 0. The Balaban J connectivity index is 1.46. The van der Waals surface area contributed by atoms with Gasteiger partial charge in [0.25, 0.3) is 0 Å². The molecule has 0 amide bonds.